The molecule has 1 unspecified atom stereocenters. The van der Waals surface area contributed by atoms with Gasteiger partial charge in [-0.1, -0.05) is 20.3 Å². The topological polar surface area (TPSA) is 19.7 Å². The summed E-state index contributed by atoms with van der Waals surface area (Å²) >= 11 is 0. The third-order valence-electron chi connectivity index (χ3n) is 2.77. The summed E-state index contributed by atoms with van der Waals surface area (Å²) in [6.45, 7) is 7.86. The molecule has 1 aromatic heterocycles. The van der Waals surface area contributed by atoms with Crippen LogP contribution < -0.4 is 4.57 Å². The van der Waals surface area contributed by atoms with Gasteiger partial charge in [-0.05, 0) is 18.8 Å². The Kier molecular flexibility index (Phi) is 4.00. The van der Waals surface area contributed by atoms with Gasteiger partial charge in [0.2, 0.25) is 0 Å². The van der Waals surface area contributed by atoms with Crippen LogP contribution in [0.5, 0.6) is 0 Å². The van der Waals surface area contributed by atoms with Crippen molar-refractivity contribution in [2.45, 2.75) is 46.6 Å². The van der Waals surface area contributed by atoms with Gasteiger partial charge in [-0.2, -0.15) is 0 Å². The minimum absolute atomic E-state index is 0.875. The van der Waals surface area contributed by atoms with Crippen LogP contribution in [0.15, 0.2) is 12.4 Å². The van der Waals surface area contributed by atoms with Gasteiger partial charge >= 0.3 is 0 Å². The molecule has 0 aliphatic carbocycles. The Morgan fingerprint density at radius 2 is 2.31 bits per heavy atom. The molecule has 1 heterocycles. The molecule has 0 spiro atoms. The van der Waals surface area contributed by atoms with Gasteiger partial charge in [0.25, 0.3) is 5.82 Å². The highest BCUT2D eigenvalue weighted by Gasteiger charge is 2.04. The Hall–Kier alpha value is -0.790. The molecule has 2 nitrogen and oxygen atoms in total. The van der Waals surface area contributed by atoms with Crippen LogP contribution in [0, 0.1) is 12.8 Å². The zero-order valence-corrected chi connectivity index (χ0v) is 9.01. The Bertz CT molecular complexity index is 240. The van der Waals surface area contributed by atoms with E-state index in [4.69, 9.17) is 0 Å². The van der Waals surface area contributed by atoms with Crippen molar-refractivity contribution < 1.29 is 4.57 Å². The number of aromatic amines is 1. The summed E-state index contributed by atoms with van der Waals surface area (Å²) in [7, 11) is 0. The monoisotopic (exact) mass is 181 g/mol. The molecular formula is C11H21N2+. The molecule has 0 aliphatic rings. The fraction of sp³-hybridized carbons (Fsp3) is 0.727. The van der Waals surface area contributed by atoms with Gasteiger partial charge in [-0.15, -0.1) is 0 Å². The highest BCUT2D eigenvalue weighted by atomic mass is 15.0. The fourth-order valence-corrected chi connectivity index (χ4v) is 1.50. The summed E-state index contributed by atoms with van der Waals surface area (Å²) in [5.41, 5.74) is 0. The van der Waals surface area contributed by atoms with Crippen LogP contribution in [-0.4, -0.2) is 4.98 Å². The molecule has 1 aromatic rings. The molecule has 1 N–H and O–H groups in total. The summed E-state index contributed by atoms with van der Waals surface area (Å²) in [5.74, 6) is 2.13. The normalized spacial score (nSPS) is 13.2. The van der Waals surface area contributed by atoms with E-state index < -0.39 is 0 Å². The quantitative estimate of drug-likeness (QED) is 0.673. The third kappa shape index (κ3) is 3.21. The summed E-state index contributed by atoms with van der Waals surface area (Å²) in [4.78, 5) is 3.18. The van der Waals surface area contributed by atoms with E-state index in [1.165, 1.54) is 25.1 Å². The summed E-state index contributed by atoms with van der Waals surface area (Å²) in [6.07, 6.45) is 8.05. The SMILES string of the molecule is CCC(C)CCC[n+]1cc[nH]c1C. The van der Waals surface area contributed by atoms with E-state index >= 15 is 0 Å². The van der Waals surface area contributed by atoms with Crippen LogP contribution >= 0.6 is 0 Å². The van der Waals surface area contributed by atoms with Crippen LogP contribution in [0.2, 0.25) is 0 Å². The minimum atomic E-state index is 0.875. The molecular weight excluding hydrogens is 160 g/mol. The third-order valence-corrected chi connectivity index (χ3v) is 2.77. The van der Waals surface area contributed by atoms with Crippen LogP contribution in [0.4, 0.5) is 0 Å². The highest BCUT2D eigenvalue weighted by Crippen LogP contribution is 2.08. The summed E-state index contributed by atoms with van der Waals surface area (Å²) < 4.78 is 2.28. The summed E-state index contributed by atoms with van der Waals surface area (Å²) in [5, 5.41) is 0. The van der Waals surface area contributed by atoms with Gasteiger partial charge < -0.3 is 0 Å². The Balaban J connectivity index is 2.24. The van der Waals surface area contributed by atoms with E-state index in [0.29, 0.717) is 0 Å². The fourth-order valence-electron chi connectivity index (χ4n) is 1.50. The number of nitrogens with zero attached hydrogens (tertiary/aromatic N) is 1. The van der Waals surface area contributed by atoms with E-state index in [1.807, 2.05) is 6.20 Å². The molecule has 0 radical (unpaired) electrons. The lowest BCUT2D eigenvalue weighted by Gasteiger charge is -2.06. The molecule has 74 valence electrons. The standard InChI is InChI=1S/C11H20N2/c1-4-10(2)6-5-8-13-9-7-12-11(13)3/h7,9-10H,4-6,8H2,1-3H3/p+1. The lowest BCUT2D eigenvalue weighted by molar-refractivity contribution is -0.702. The molecule has 0 saturated heterocycles. The first-order valence-corrected chi connectivity index (χ1v) is 5.27. The number of H-pyrrole nitrogens is 1. The smallest absolute Gasteiger partial charge is 0.248 e. The number of rotatable bonds is 5. The Labute approximate surface area is 81.0 Å². The van der Waals surface area contributed by atoms with Crippen LogP contribution in [-0.2, 0) is 6.54 Å². The zero-order valence-electron chi connectivity index (χ0n) is 9.01. The molecule has 0 aliphatic heterocycles. The van der Waals surface area contributed by atoms with Crippen LogP contribution in [0.3, 0.4) is 0 Å². The maximum atomic E-state index is 3.18. The van der Waals surface area contributed by atoms with E-state index in [-0.39, 0.29) is 0 Å². The van der Waals surface area contributed by atoms with Gasteiger partial charge in [0.05, 0.1) is 6.54 Å². The van der Waals surface area contributed by atoms with Crippen molar-refractivity contribution in [1.82, 2.24) is 4.98 Å². The number of hydrogen-bond donors (Lipinski definition) is 1. The number of hydrogen-bond acceptors (Lipinski definition) is 0. The maximum absolute atomic E-state index is 3.18. The second-order valence-corrected chi connectivity index (χ2v) is 3.89. The second-order valence-electron chi connectivity index (χ2n) is 3.89. The molecule has 0 amide bonds. The van der Waals surface area contributed by atoms with Gasteiger partial charge in [-0.25, -0.2) is 9.55 Å². The van der Waals surface area contributed by atoms with Crippen molar-refractivity contribution in [1.29, 1.82) is 0 Å². The number of imidazole rings is 1. The largest absolute Gasteiger partial charge is 0.251 e. The average molecular weight is 181 g/mol. The van der Waals surface area contributed by atoms with E-state index in [0.717, 1.165) is 12.5 Å². The number of nitrogens with one attached hydrogen (secondary N) is 1. The van der Waals surface area contributed by atoms with Crippen molar-refractivity contribution in [2.75, 3.05) is 0 Å². The molecule has 2 heteroatoms. The van der Waals surface area contributed by atoms with Gasteiger partial charge in [-0.3, -0.25) is 0 Å². The van der Waals surface area contributed by atoms with E-state index in [1.54, 1.807) is 0 Å². The average Bonchev–Trinajstić information content (AvgIpc) is 2.52. The molecule has 0 bridgehead atoms. The van der Waals surface area contributed by atoms with Gasteiger partial charge in [0.1, 0.15) is 12.4 Å². The Morgan fingerprint density at radius 3 is 2.85 bits per heavy atom. The van der Waals surface area contributed by atoms with Crippen molar-refractivity contribution in [3.63, 3.8) is 0 Å². The summed E-state index contributed by atoms with van der Waals surface area (Å²) in [6, 6.07) is 0. The van der Waals surface area contributed by atoms with Crippen LogP contribution in [0.1, 0.15) is 38.9 Å². The van der Waals surface area contributed by atoms with E-state index in [2.05, 4.69) is 36.5 Å². The zero-order chi connectivity index (χ0) is 9.68. The first kappa shape index (κ1) is 10.3. The molecule has 13 heavy (non-hydrogen) atoms. The lowest BCUT2D eigenvalue weighted by Crippen LogP contribution is -2.34. The van der Waals surface area contributed by atoms with Crippen molar-refractivity contribution in [3.8, 4) is 0 Å². The lowest BCUT2D eigenvalue weighted by atomic mass is 10.0. The second kappa shape index (κ2) is 5.05. The number of aromatic nitrogens is 2. The van der Waals surface area contributed by atoms with Gasteiger partial charge in [0, 0.05) is 6.92 Å². The van der Waals surface area contributed by atoms with Crippen LogP contribution in [0.25, 0.3) is 0 Å². The Morgan fingerprint density at radius 1 is 1.54 bits per heavy atom. The van der Waals surface area contributed by atoms with Crippen molar-refractivity contribution in [3.05, 3.63) is 18.2 Å². The molecule has 1 atom stereocenters. The predicted octanol–water partition coefficient (Wildman–Crippen LogP) is 2.44. The number of aryl methyl sites for hydroxylation is 2. The highest BCUT2D eigenvalue weighted by molar-refractivity contribution is 4.70. The predicted molar refractivity (Wildman–Crippen MR) is 54.4 cm³/mol. The molecule has 0 aromatic carbocycles. The van der Waals surface area contributed by atoms with Crippen molar-refractivity contribution >= 4 is 0 Å². The molecule has 1 rings (SSSR count). The first-order valence-electron chi connectivity index (χ1n) is 5.27. The maximum Gasteiger partial charge on any atom is 0.251 e. The minimum Gasteiger partial charge on any atom is -0.248 e. The molecule has 0 fully saturated rings. The van der Waals surface area contributed by atoms with Gasteiger partial charge in [0.15, 0.2) is 0 Å². The van der Waals surface area contributed by atoms with E-state index in [9.17, 15) is 0 Å². The van der Waals surface area contributed by atoms with Crippen molar-refractivity contribution in [2.24, 2.45) is 5.92 Å². The molecule has 0 saturated carbocycles. The first-order chi connectivity index (χ1) is 6.24.